The van der Waals surface area contributed by atoms with Crippen LogP contribution in [0.2, 0.25) is 18.1 Å². The third-order valence-electron chi connectivity index (χ3n) is 6.63. The quantitative estimate of drug-likeness (QED) is 0.443. The van der Waals surface area contributed by atoms with E-state index in [1.807, 2.05) is 29.2 Å². The van der Waals surface area contributed by atoms with E-state index in [0.717, 1.165) is 22.9 Å². The van der Waals surface area contributed by atoms with Gasteiger partial charge in [-0.15, -0.1) is 0 Å². The van der Waals surface area contributed by atoms with Crippen molar-refractivity contribution in [3.05, 3.63) is 34.3 Å². The monoisotopic (exact) mass is 481 g/mol. The maximum absolute atomic E-state index is 13.1. The Bertz CT molecular complexity index is 759. The Morgan fingerprint density at radius 2 is 1.90 bits per heavy atom. The summed E-state index contributed by atoms with van der Waals surface area (Å²) in [6.07, 6.45) is 1.66. The zero-order valence-electron chi connectivity index (χ0n) is 18.0. The van der Waals surface area contributed by atoms with Crippen molar-refractivity contribution < 1.29 is 18.8 Å². The number of esters is 1. The number of hydrogen-bond donors (Lipinski definition) is 0. The number of fused-ring (bicyclic) bond motifs is 1. The van der Waals surface area contributed by atoms with E-state index in [-0.39, 0.29) is 35.5 Å². The average molecular weight is 482 g/mol. The SMILES string of the molecule is CC(C)(C)[Si](C)(C)O[C@@H]1C[C@H](C(=O)OCc2ccc(Br)cc2)[C@H]2CCCN2C1=O. The Kier molecular flexibility index (Phi) is 6.61. The van der Waals surface area contributed by atoms with Crippen molar-refractivity contribution in [2.45, 2.75) is 76.9 Å². The van der Waals surface area contributed by atoms with Crippen LogP contribution in [0.1, 0.15) is 45.6 Å². The number of benzene rings is 1. The first-order chi connectivity index (χ1) is 13.5. The van der Waals surface area contributed by atoms with Gasteiger partial charge in [0.15, 0.2) is 8.32 Å². The number of piperidine rings is 1. The van der Waals surface area contributed by atoms with E-state index in [1.54, 1.807) is 0 Å². The number of carbonyl (C=O) groups excluding carboxylic acids is 2. The smallest absolute Gasteiger partial charge is 0.311 e. The summed E-state index contributed by atoms with van der Waals surface area (Å²) in [5.41, 5.74) is 0.950. The molecule has 0 aliphatic carbocycles. The fourth-order valence-corrected chi connectivity index (χ4v) is 5.41. The number of amides is 1. The molecule has 2 heterocycles. The molecule has 2 fully saturated rings. The van der Waals surface area contributed by atoms with Crippen LogP contribution in [0, 0.1) is 5.92 Å². The van der Waals surface area contributed by atoms with Crippen LogP contribution in [0.4, 0.5) is 0 Å². The maximum Gasteiger partial charge on any atom is 0.311 e. The van der Waals surface area contributed by atoms with Crippen LogP contribution in [0.25, 0.3) is 0 Å². The minimum absolute atomic E-state index is 0.00667. The Labute approximate surface area is 183 Å². The molecule has 160 valence electrons. The van der Waals surface area contributed by atoms with Gasteiger partial charge in [-0.2, -0.15) is 0 Å². The molecule has 0 radical (unpaired) electrons. The minimum Gasteiger partial charge on any atom is -0.461 e. The Balaban J connectivity index is 1.72. The average Bonchev–Trinajstić information content (AvgIpc) is 3.12. The summed E-state index contributed by atoms with van der Waals surface area (Å²) in [7, 11) is -2.12. The highest BCUT2D eigenvalue weighted by molar-refractivity contribution is 9.10. The number of hydrogen-bond acceptors (Lipinski definition) is 4. The highest BCUT2D eigenvalue weighted by Gasteiger charge is 2.50. The summed E-state index contributed by atoms with van der Waals surface area (Å²) < 4.78 is 13.1. The van der Waals surface area contributed by atoms with Crippen LogP contribution < -0.4 is 0 Å². The van der Waals surface area contributed by atoms with Crippen molar-refractivity contribution >= 4 is 36.1 Å². The summed E-state index contributed by atoms with van der Waals surface area (Å²) in [6.45, 7) is 11.7. The normalized spacial score (nSPS) is 25.1. The van der Waals surface area contributed by atoms with Crippen molar-refractivity contribution in [3.8, 4) is 0 Å². The van der Waals surface area contributed by atoms with Gasteiger partial charge in [0.25, 0.3) is 5.91 Å². The van der Waals surface area contributed by atoms with E-state index in [1.165, 1.54) is 0 Å². The molecule has 0 saturated carbocycles. The fraction of sp³-hybridized carbons (Fsp3) is 0.636. The summed E-state index contributed by atoms with van der Waals surface area (Å²) in [4.78, 5) is 27.9. The van der Waals surface area contributed by atoms with Crippen molar-refractivity contribution in [3.63, 3.8) is 0 Å². The van der Waals surface area contributed by atoms with Gasteiger partial charge in [0.1, 0.15) is 12.7 Å². The van der Waals surface area contributed by atoms with Gasteiger partial charge in [-0.3, -0.25) is 9.59 Å². The molecule has 2 aliphatic heterocycles. The lowest BCUT2D eigenvalue weighted by molar-refractivity contribution is -0.162. The van der Waals surface area contributed by atoms with Crippen LogP contribution >= 0.6 is 15.9 Å². The molecule has 2 saturated heterocycles. The predicted molar refractivity (Wildman–Crippen MR) is 119 cm³/mol. The Morgan fingerprint density at radius 1 is 1.24 bits per heavy atom. The first-order valence-electron chi connectivity index (χ1n) is 10.4. The topological polar surface area (TPSA) is 55.8 Å². The van der Waals surface area contributed by atoms with Gasteiger partial charge < -0.3 is 14.1 Å². The molecule has 1 amide bonds. The summed E-state index contributed by atoms with van der Waals surface area (Å²) in [5.74, 6) is -0.490. The third-order valence-corrected chi connectivity index (χ3v) is 11.6. The van der Waals surface area contributed by atoms with Gasteiger partial charge in [0.2, 0.25) is 0 Å². The van der Waals surface area contributed by atoms with Gasteiger partial charge in [-0.25, -0.2) is 0 Å². The van der Waals surface area contributed by atoms with Gasteiger partial charge in [-0.1, -0.05) is 48.8 Å². The molecule has 3 atom stereocenters. The molecule has 1 aromatic rings. The van der Waals surface area contributed by atoms with Crippen LogP contribution in [-0.4, -0.2) is 43.8 Å². The van der Waals surface area contributed by atoms with Gasteiger partial charge in [0.05, 0.1) is 5.92 Å². The zero-order valence-corrected chi connectivity index (χ0v) is 20.6. The van der Waals surface area contributed by atoms with Crippen LogP contribution in [-0.2, 0) is 25.4 Å². The minimum atomic E-state index is -2.12. The first-order valence-corrected chi connectivity index (χ1v) is 14.1. The number of carbonyl (C=O) groups is 2. The van der Waals surface area contributed by atoms with E-state index < -0.39 is 14.4 Å². The molecule has 0 aromatic heterocycles. The van der Waals surface area contributed by atoms with Gasteiger partial charge >= 0.3 is 5.97 Å². The molecular weight excluding hydrogens is 450 g/mol. The molecule has 0 bridgehead atoms. The predicted octanol–water partition coefficient (Wildman–Crippen LogP) is 4.89. The highest BCUT2D eigenvalue weighted by Crippen LogP contribution is 2.41. The Hall–Kier alpha value is -1.18. The van der Waals surface area contributed by atoms with E-state index in [0.29, 0.717) is 13.0 Å². The molecule has 3 rings (SSSR count). The second kappa shape index (κ2) is 8.51. The van der Waals surface area contributed by atoms with Crippen LogP contribution in [0.15, 0.2) is 28.7 Å². The first kappa shape index (κ1) is 22.5. The molecule has 5 nitrogen and oxygen atoms in total. The molecule has 2 aliphatic rings. The summed E-state index contributed by atoms with van der Waals surface area (Å²) >= 11 is 3.41. The summed E-state index contributed by atoms with van der Waals surface area (Å²) in [5, 5.41) is 0.00667. The summed E-state index contributed by atoms with van der Waals surface area (Å²) in [6, 6.07) is 7.69. The molecule has 7 heteroatoms. The second-order valence-corrected chi connectivity index (χ2v) is 15.4. The van der Waals surface area contributed by atoms with Crippen molar-refractivity contribution in [1.29, 1.82) is 0 Å². The highest BCUT2D eigenvalue weighted by atomic mass is 79.9. The van der Waals surface area contributed by atoms with Crippen LogP contribution in [0.5, 0.6) is 0 Å². The fourth-order valence-electron chi connectivity index (χ4n) is 3.88. The van der Waals surface area contributed by atoms with Crippen molar-refractivity contribution in [1.82, 2.24) is 4.90 Å². The van der Waals surface area contributed by atoms with Crippen molar-refractivity contribution in [2.24, 2.45) is 5.92 Å². The third kappa shape index (κ3) is 4.94. The Morgan fingerprint density at radius 3 is 2.52 bits per heavy atom. The number of ether oxygens (including phenoxy) is 1. The number of rotatable bonds is 5. The second-order valence-electron chi connectivity index (χ2n) is 9.68. The van der Waals surface area contributed by atoms with Crippen LogP contribution in [0.3, 0.4) is 0 Å². The largest absolute Gasteiger partial charge is 0.461 e. The molecular formula is C22H32BrNO4Si. The number of nitrogens with zero attached hydrogens (tertiary/aromatic N) is 1. The lowest BCUT2D eigenvalue weighted by atomic mass is 9.87. The molecule has 0 N–H and O–H groups in total. The molecule has 0 spiro atoms. The van der Waals surface area contributed by atoms with E-state index in [9.17, 15) is 9.59 Å². The standard InChI is InChI=1S/C22H32BrNO4Si/c1-22(2,3)29(4,5)28-19-13-17(18-7-6-12-24(18)20(19)25)21(26)27-14-15-8-10-16(23)11-9-15/h8-11,17-19H,6-7,12-14H2,1-5H3/t17-,18+,19+/m0/s1. The number of halogens is 1. The van der Waals surface area contributed by atoms with E-state index in [4.69, 9.17) is 9.16 Å². The van der Waals surface area contributed by atoms with E-state index >= 15 is 0 Å². The van der Waals surface area contributed by atoms with Gasteiger partial charge in [-0.05, 0) is 55.1 Å². The lowest BCUT2D eigenvalue weighted by Gasteiger charge is -2.44. The zero-order chi connectivity index (χ0) is 21.4. The molecule has 29 heavy (non-hydrogen) atoms. The molecule has 0 unspecified atom stereocenters. The van der Waals surface area contributed by atoms with Gasteiger partial charge in [0, 0.05) is 17.1 Å². The lowest BCUT2D eigenvalue weighted by Crippen LogP contribution is -2.57. The van der Waals surface area contributed by atoms with E-state index in [2.05, 4.69) is 49.8 Å². The van der Waals surface area contributed by atoms with Crippen molar-refractivity contribution in [2.75, 3.05) is 6.54 Å². The molecule has 1 aromatic carbocycles. The maximum atomic E-state index is 13.1.